The van der Waals surface area contributed by atoms with Crippen molar-refractivity contribution >= 4 is 5.82 Å². The summed E-state index contributed by atoms with van der Waals surface area (Å²) in [6, 6.07) is 10.0. The fraction of sp³-hybridized carbons (Fsp3) is 0.565. The number of aromatic nitrogens is 2. The van der Waals surface area contributed by atoms with Gasteiger partial charge < -0.3 is 9.64 Å². The Labute approximate surface area is 167 Å². The van der Waals surface area contributed by atoms with Crippen LogP contribution in [0.15, 0.2) is 36.7 Å². The molecule has 3 fully saturated rings. The van der Waals surface area contributed by atoms with Crippen LogP contribution in [0.5, 0.6) is 5.75 Å². The summed E-state index contributed by atoms with van der Waals surface area (Å²) in [7, 11) is 1.74. The first kappa shape index (κ1) is 17.9. The van der Waals surface area contributed by atoms with Gasteiger partial charge in [-0.15, -0.1) is 0 Å². The van der Waals surface area contributed by atoms with Crippen molar-refractivity contribution in [2.75, 3.05) is 31.6 Å². The Kier molecular flexibility index (Phi) is 4.71. The first-order chi connectivity index (χ1) is 13.7. The molecule has 3 aliphatic rings. The zero-order valence-electron chi connectivity index (χ0n) is 16.9. The summed E-state index contributed by atoms with van der Waals surface area (Å²) in [6.07, 6.45) is 8.92. The summed E-state index contributed by atoms with van der Waals surface area (Å²) in [5, 5.41) is 0. The topological polar surface area (TPSA) is 41.5 Å². The van der Waals surface area contributed by atoms with E-state index in [-0.39, 0.29) is 0 Å². The third kappa shape index (κ3) is 3.16. The average molecular weight is 379 g/mol. The number of ether oxygens (including phenoxy) is 1. The summed E-state index contributed by atoms with van der Waals surface area (Å²) in [5.74, 6) is 3.49. The minimum absolute atomic E-state index is 0.555. The second kappa shape index (κ2) is 7.36. The number of methoxy groups -OCH3 is 1. The monoisotopic (exact) mass is 378 g/mol. The van der Waals surface area contributed by atoms with Gasteiger partial charge in [-0.3, -0.25) is 9.88 Å². The molecule has 5 rings (SSSR count). The van der Waals surface area contributed by atoms with Crippen molar-refractivity contribution in [2.24, 2.45) is 11.8 Å². The van der Waals surface area contributed by atoms with Crippen LogP contribution in [-0.4, -0.2) is 47.7 Å². The van der Waals surface area contributed by atoms with Gasteiger partial charge in [0, 0.05) is 44.1 Å². The maximum atomic E-state index is 5.36. The van der Waals surface area contributed by atoms with Gasteiger partial charge in [-0.1, -0.05) is 12.1 Å². The fourth-order valence-corrected chi connectivity index (χ4v) is 5.88. The standard InChI is InChI=1S/C23H30N4O/c1-16-23(25-11-10-24-16)26-13-17-12-19(15-26)22-5-3-4-21(27(22)14-17)18-6-8-20(28-2)9-7-18/h6-11,17,19,21-22H,3-5,12-15H2,1-2H3/t17-,19+,21+,22-/m0/s1. The molecule has 2 aromatic rings. The highest BCUT2D eigenvalue weighted by Crippen LogP contribution is 2.45. The molecule has 3 aliphatic heterocycles. The number of rotatable bonds is 3. The second-order valence-electron chi connectivity index (χ2n) is 8.72. The van der Waals surface area contributed by atoms with Crippen molar-refractivity contribution in [1.82, 2.24) is 14.9 Å². The maximum absolute atomic E-state index is 5.36. The number of piperidine rings is 3. The number of hydrogen-bond acceptors (Lipinski definition) is 5. The van der Waals surface area contributed by atoms with E-state index in [1.807, 2.05) is 6.20 Å². The molecule has 148 valence electrons. The lowest BCUT2D eigenvalue weighted by Crippen LogP contribution is -2.59. The van der Waals surface area contributed by atoms with Crippen molar-refractivity contribution in [3.8, 4) is 5.75 Å². The number of nitrogens with zero attached hydrogens (tertiary/aromatic N) is 4. The van der Waals surface area contributed by atoms with Crippen LogP contribution in [0.4, 0.5) is 5.82 Å². The number of anilines is 1. The van der Waals surface area contributed by atoms with E-state index in [9.17, 15) is 0 Å². The fourth-order valence-electron chi connectivity index (χ4n) is 5.88. The molecule has 5 heteroatoms. The van der Waals surface area contributed by atoms with Crippen LogP contribution in [0.3, 0.4) is 0 Å². The van der Waals surface area contributed by atoms with Crippen molar-refractivity contribution < 1.29 is 4.74 Å². The molecule has 5 nitrogen and oxygen atoms in total. The molecule has 2 bridgehead atoms. The minimum Gasteiger partial charge on any atom is -0.497 e. The lowest BCUT2D eigenvalue weighted by Gasteiger charge is -2.55. The van der Waals surface area contributed by atoms with Gasteiger partial charge in [-0.05, 0) is 62.1 Å². The predicted molar refractivity (Wildman–Crippen MR) is 111 cm³/mol. The van der Waals surface area contributed by atoms with Crippen LogP contribution in [0, 0.1) is 18.8 Å². The smallest absolute Gasteiger partial charge is 0.150 e. The van der Waals surface area contributed by atoms with Crippen LogP contribution in [-0.2, 0) is 0 Å². The molecule has 28 heavy (non-hydrogen) atoms. The van der Waals surface area contributed by atoms with E-state index in [0.717, 1.165) is 42.2 Å². The molecule has 0 amide bonds. The van der Waals surface area contributed by atoms with Gasteiger partial charge >= 0.3 is 0 Å². The molecule has 4 atom stereocenters. The molecule has 0 saturated carbocycles. The average Bonchev–Trinajstić information content (AvgIpc) is 2.74. The molecular formula is C23H30N4O. The third-order valence-corrected chi connectivity index (χ3v) is 7.04. The molecular weight excluding hydrogens is 348 g/mol. The van der Waals surface area contributed by atoms with Gasteiger partial charge in [0.1, 0.15) is 11.6 Å². The quantitative estimate of drug-likeness (QED) is 0.812. The van der Waals surface area contributed by atoms with Gasteiger partial charge in [0.15, 0.2) is 0 Å². The molecule has 0 aliphatic carbocycles. The van der Waals surface area contributed by atoms with Gasteiger partial charge in [0.25, 0.3) is 0 Å². The van der Waals surface area contributed by atoms with Crippen LogP contribution < -0.4 is 9.64 Å². The molecule has 3 saturated heterocycles. The molecule has 4 heterocycles. The molecule has 0 radical (unpaired) electrons. The highest BCUT2D eigenvalue weighted by Gasteiger charge is 2.45. The predicted octanol–water partition coefficient (Wildman–Crippen LogP) is 3.85. The van der Waals surface area contributed by atoms with Crippen LogP contribution in [0.25, 0.3) is 0 Å². The summed E-state index contributed by atoms with van der Waals surface area (Å²) in [6.45, 7) is 5.51. The Morgan fingerprint density at radius 3 is 2.61 bits per heavy atom. The Morgan fingerprint density at radius 1 is 1.00 bits per heavy atom. The lowest BCUT2D eigenvalue weighted by atomic mass is 9.74. The van der Waals surface area contributed by atoms with Crippen LogP contribution >= 0.6 is 0 Å². The SMILES string of the molecule is COc1ccc([C@H]2CCC[C@H]3[C@@H]4C[C@@H](CN(c5nccnc5C)C4)CN23)cc1. The van der Waals surface area contributed by atoms with E-state index in [2.05, 4.69) is 51.0 Å². The first-order valence-electron chi connectivity index (χ1n) is 10.6. The van der Waals surface area contributed by atoms with Crippen LogP contribution in [0.1, 0.15) is 43.0 Å². The van der Waals surface area contributed by atoms with Crippen molar-refractivity contribution in [3.63, 3.8) is 0 Å². The summed E-state index contributed by atoms with van der Waals surface area (Å²) < 4.78 is 5.36. The highest BCUT2D eigenvalue weighted by atomic mass is 16.5. The van der Waals surface area contributed by atoms with E-state index < -0.39 is 0 Å². The Balaban J connectivity index is 1.38. The van der Waals surface area contributed by atoms with Gasteiger partial charge in [0.2, 0.25) is 0 Å². The van der Waals surface area contributed by atoms with Gasteiger partial charge in [0.05, 0.1) is 12.8 Å². The minimum atomic E-state index is 0.555. The Morgan fingerprint density at radius 2 is 1.82 bits per heavy atom. The molecule has 1 aromatic heterocycles. The Hall–Kier alpha value is -2.14. The molecule has 0 spiro atoms. The van der Waals surface area contributed by atoms with E-state index >= 15 is 0 Å². The zero-order valence-corrected chi connectivity index (χ0v) is 16.9. The van der Waals surface area contributed by atoms with Crippen molar-refractivity contribution in [2.45, 2.75) is 44.7 Å². The van der Waals surface area contributed by atoms with E-state index in [4.69, 9.17) is 4.74 Å². The lowest BCUT2D eigenvalue weighted by molar-refractivity contribution is -0.0201. The van der Waals surface area contributed by atoms with Crippen molar-refractivity contribution in [3.05, 3.63) is 47.9 Å². The van der Waals surface area contributed by atoms with Gasteiger partial charge in [-0.2, -0.15) is 0 Å². The van der Waals surface area contributed by atoms with Gasteiger partial charge in [-0.25, -0.2) is 4.98 Å². The number of hydrogen-bond donors (Lipinski definition) is 0. The number of aryl methyl sites for hydroxylation is 1. The zero-order chi connectivity index (χ0) is 19.1. The maximum Gasteiger partial charge on any atom is 0.150 e. The largest absolute Gasteiger partial charge is 0.497 e. The highest BCUT2D eigenvalue weighted by molar-refractivity contribution is 5.43. The molecule has 0 unspecified atom stereocenters. The van der Waals surface area contributed by atoms with E-state index in [1.165, 1.54) is 37.8 Å². The normalized spacial score (nSPS) is 30.0. The summed E-state index contributed by atoms with van der Waals surface area (Å²) in [4.78, 5) is 14.5. The second-order valence-corrected chi connectivity index (χ2v) is 8.72. The Bertz CT molecular complexity index is 824. The summed E-state index contributed by atoms with van der Waals surface area (Å²) >= 11 is 0. The molecule has 1 aromatic carbocycles. The van der Waals surface area contributed by atoms with E-state index in [1.54, 1.807) is 13.3 Å². The van der Waals surface area contributed by atoms with Crippen molar-refractivity contribution in [1.29, 1.82) is 0 Å². The summed E-state index contributed by atoms with van der Waals surface area (Å²) in [5.41, 5.74) is 2.51. The third-order valence-electron chi connectivity index (χ3n) is 7.04. The molecule has 0 N–H and O–H groups in total. The van der Waals surface area contributed by atoms with Crippen LogP contribution in [0.2, 0.25) is 0 Å². The number of benzene rings is 1. The first-order valence-corrected chi connectivity index (χ1v) is 10.6. The van der Waals surface area contributed by atoms with E-state index in [0.29, 0.717) is 12.1 Å². The number of fused-ring (bicyclic) bond motifs is 4.